The first-order chi connectivity index (χ1) is 4.09. The maximum atomic E-state index is 2.60. The van der Waals surface area contributed by atoms with E-state index in [0.717, 1.165) is 12.1 Å². The lowest BCUT2D eigenvalue weighted by Gasteiger charge is -2.28. The molecule has 0 aliphatic carbocycles. The average Bonchev–Trinajstić information content (AvgIpc) is 1.64. The third-order valence-corrected chi connectivity index (χ3v) is 3.88. The van der Waals surface area contributed by atoms with Gasteiger partial charge in [0, 0.05) is 0 Å². The molecule has 2 heteroatoms. The van der Waals surface area contributed by atoms with Gasteiger partial charge in [0.1, 0.15) is 0 Å². The van der Waals surface area contributed by atoms with Gasteiger partial charge >= 0.3 is 0 Å². The topological polar surface area (TPSA) is 3.24 Å². The molecule has 0 aliphatic rings. The van der Waals surface area contributed by atoms with Crippen molar-refractivity contribution in [2.24, 2.45) is 0 Å². The first-order valence-electron chi connectivity index (χ1n) is 3.85. The quantitative estimate of drug-likeness (QED) is 0.540. The largest absolute Gasteiger partial charge is 0.325 e. The molecule has 56 valence electrons. The standard InChI is InChI=1S/C7H19NSi/c1-6(2)8(9-5)7(3)4/h6-7H,9H2,1-5H3. The summed E-state index contributed by atoms with van der Waals surface area (Å²) in [6.07, 6.45) is 0. The summed E-state index contributed by atoms with van der Waals surface area (Å²) in [6, 6.07) is 1.50. The van der Waals surface area contributed by atoms with Gasteiger partial charge in [-0.15, -0.1) is 0 Å². The van der Waals surface area contributed by atoms with Gasteiger partial charge in [0.2, 0.25) is 0 Å². The lowest BCUT2D eigenvalue weighted by Crippen LogP contribution is -2.38. The van der Waals surface area contributed by atoms with Crippen LogP contribution < -0.4 is 0 Å². The Kier molecular flexibility index (Phi) is 4.15. The highest BCUT2D eigenvalue weighted by molar-refractivity contribution is 6.30. The minimum absolute atomic E-state index is 0.0664. The maximum absolute atomic E-state index is 2.60. The van der Waals surface area contributed by atoms with Gasteiger partial charge < -0.3 is 4.57 Å². The van der Waals surface area contributed by atoms with Crippen molar-refractivity contribution >= 4 is 9.68 Å². The third-order valence-electron chi connectivity index (χ3n) is 1.69. The van der Waals surface area contributed by atoms with Crippen LogP contribution in [0.3, 0.4) is 0 Å². The van der Waals surface area contributed by atoms with Crippen molar-refractivity contribution in [1.29, 1.82) is 0 Å². The second kappa shape index (κ2) is 4.07. The molecule has 0 rings (SSSR count). The summed E-state index contributed by atoms with van der Waals surface area (Å²) >= 11 is 0. The molecular weight excluding hydrogens is 126 g/mol. The zero-order valence-electron chi connectivity index (χ0n) is 7.31. The van der Waals surface area contributed by atoms with Crippen LogP contribution in [0.25, 0.3) is 0 Å². The average molecular weight is 145 g/mol. The van der Waals surface area contributed by atoms with Crippen LogP contribution in [0.4, 0.5) is 0 Å². The van der Waals surface area contributed by atoms with Crippen LogP contribution in [0.15, 0.2) is 0 Å². The van der Waals surface area contributed by atoms with Gasteiger partial charge in [0.05, 0.1) is 9.68 Å². The molecular formula is C7H19NSi. The Morgan fingerprint density at radius 2 is 1.33 bits per heavy atom. The zero-order valence-corrected chi connectivity index (χ0v) is 8.72. The molecule has 0 saturated heterocycles. The molecule has 9 heavy (non-hydrogen) atoms. The number of hydrogen-bond donors (Lipinski definition) is 0. The Morgan fingerprint density at radius 3 is 1.33 bits per heavy atom. The van der Waals surface area contributed by atoms with Crippen LogP contribution in [-0.4, -0.2) is 26.3 Å². The van der Waals surface area contributed by atoms with E-state index in [4.69, 9.17) is 0 Å². The van der Waals surface area contributed by atoms with Crippen LogP contribution >= 0.6 is 0 Å². The van der Waals surface area contributed by atoms with Crippen LogP contribution in [-0.2, 0) is 0 Å². The second-order valence-corrected chi connectivity index (χ2v) is 4.38. The van der Waals surface area contributed by atoms with Crippen LogP contribution in [0.1, 0.15) is 27.7 Å². The van der Waals surface area contributed by atoms with E-state index in [0.29, 0.717) is 0 Å². The highest BCUT2D eigenvalue weighted by Gasteiger charge is 2.08. The summed E-state index contributed by atoms with van der Waals surface area (Å²) in [7, 11) is 0.0664. The zero-order chi connectivity index (χ0) is 7.44. The molecule has 0 spiro atoms. The molecule has 0 N–H and O–H groups in total. The summed E-state index contributed by atoms with van der Waals surface area (Å²) in [5.74, 6) is 0. The molecule has 0 heterocycles. The first kappa shape index (κ1) is 9.18. The number of rotatable bonds is 3. The minimum atomic E-state index is 0.0664. The summed E-state index contributed by atoms with van der Waals surface area (Å²) in [4.78, 5) is 0. The molecule has 0 atom stereocenters. The van der Waals surface area contributed by atoms with E-state index in [1.807, 2.05) is 0 Å². The van der Waals surface area contributed by atoms with E-state index < -0.39 is 0 Å². The lowest BCUT2D eigenvalue weighted by atomic mass is 10.3. The van der Waals surface area contributed by atoms with E-state index in [2.05, 4.69) is 38.8 Å². The monoisotopic (exact) mass is 145 g/mol. The highest BCUT2D eigenvalue weighted by atomic mass is 28.2. The van der Waals surface area contributed by atoms with Crippen LogP contribution in [0.5, 0.6) is 0 Å². The summed E-state index contributed by atoms with van der Waals surface area (Å²) in [5, 5.41) is 0. The molecule has 0 aromatic heterocycles. The number of nitrogens with zero attached hydrogens (tertiary/aromatic N) is 1. The van der Waals surface area contributed by atoms with E-state index in [9.17, 15) is 0 Å². The molecule has 0 unspecified atom stereocenters. The summed E-state index contributed by atoms with van der Waals surface area (Å²) in [5.41, 5.74) is 0. The van der Waals surface area contributed by atoms with Crippen molar-refractivity contribution in [1.82, 2.24) is 4.57 Å². The second-order valence-electron chi connectivity index (χ2n) is 3.02. The molecule has 1 nitrogen and oxygen atoms in total. The Bertz CT molecular complexity index is 63.3. The third kappa shape index (κ3) is 3.01. The normalized spacial score (nSPS) is 13.3. The first-order valence-corrected chi connectivity index (χ1v) is 5.90. The fraction of sp³-hybridized carbons (Fsp3) is 1.00. The highest BCUT2D eigenvalue weighted by Crippen LogP contribution is 2.01. The van der Waals surface area contributed by atoms with Crippen LogP contribution in [0.2, 0.25) is 6.55 Å². The van der Waals surface area contributed by atoms with Gasteiger partial charge in [-0.2, -0.15) is 0 Å². The smallest absolute Gasteiger partial charge is 0.0926 e. The van der Waals surface area contributed by atoms with Gasteiger partial charge in [0.25, 0.3) is 0 Å². The summed E-state index contributed by atoms with van der Waals surface area (Å²) in [6.45, 7) is 11.4. The Morgan fingerprint density at radius 1 is 1.00 bits per heavy atom. The van der Waals surface area contributed by atoms with Gasteiger partial charge in [-0.1, -0.05) is 34.2 Å². The SMILES string of the molecule is C[SiH2]N(C(C)C)C(C)C. The molecule has 0 bridgehead atoms. The molecule has 0 aromatic rings. The fourth-order valence-corrected chi connectivity index (χ4v) is 2.79. The maximum Gasteiger partial charge on any atom is 0.0926 e. The number of hydrogen-bond acceptors (Lipinski definition) is 1. The predicted molar refractivity (Wildman–Crippen MR) is 46.5 cm³/mol. The van der Waals surface area contributed by atoms with Gasteiger partial charge in [-0.05, 0) is 12.1 Å². The Hall–Kier alpha value is 0.177. The van der Waals surface area contributed by atoms with Crippen molar-refractivity contribution in [2.45, 2.75) is 46.3 Å². The summed E-state index contributed by atoms with van der Waals surface area (Å²) < 4.78 is 2.60. The van der Waals surface area contributed by atoms with Crippen molar-refractivity contribution in [3.05, 3.63) is 0 Å². The fourth-order valence-electron chi connectivity index (χ4n) is 1.33. The molecule has 0 saturated carbocycles. The van der Waals surface area contributed by atoms with Crippen molar-refractivity contribution in [3.63, 3.8) is 0 Å². The molecule has 0 aromatic carbocycles. The van der Waals surface area contributed by atoms with Crippen LogP contribution in [0, 0.1) is 0 Å². The minimum Gasteiger partial charge on any atom is -0.325 e. The van der Waals surface area contributed by atoms with Gasteiger partial charge in [-0.3, -0.25) is 0 Å². The lowest BCUT2D eigenvalue weighted by molar-refractivity contribution is 0.313. The van der Waals surface area contributed by atoms with Crippen molar-refractivity contribution in [2.75, 3.05) is 0 Å². The van der Waals surface area contributed by atoms with Gasteiger partial charge in [-0.25, -0.2) is 0 Å². The van der Waals surface area contributed by atoms with Crippen molar-refractivity contribution < 1.29 is 0 Å². The van der Waals surface area contributed by atoms with E-state index in [1.165, 1.54) is 0 Å². The van der Waals surface area contributed by atoms with Gasteiger partial charge in [0.15, 0.2) is 0 Å². The van der Waals surface area contributed by atoms with E-state index >= 15 is 0 Å². The van der Waals surface area contributed by atoms with E-state index in [-0.39, 0.29) is 9.68 Å². The molecule has 0 aliphatic heterocycles. The molecule has 0 radical (unpaired) electrons. The van der Waals surface area contributed by atoms with Crippen molar-refractivity contribution in [3.8, 4) is 0 Å². The van der Waals surface area contributed by atoms with E-state index in [1.54, 1.807) is 0 Å². The Balaban J connectivity index is 3.68. The molecule has 0 amide bonds. The Labute approximate surface area is 61.3 Å². The molecule has 0 fully saturated rings. The predicted octanol–water partition coefficient (Wildman–Crippen LogP) is 1.24.